The highest BCUT2D eigenvalue weighted by molar-refractivity contribution is 5.94. The van der Waals surface area contributed by atoms with Crippen molar-refractivity contribution in [1.29, 1.82) is 0 Å². The first-order chi connectivity index (χ1) is 9.54. The van der Waals surface area contributed by atoms with Crippen LogP contribution in [0, 0.1) is 17.0 Å². The van der Waals surface area contributed by atoms with E-state index in [-0.39, 0.29) is 11.6 Å². The van der Waals surface area contributed by atoms with Crippen molar-refractivity contribution >= 4 is 23.0 Å². The van der Waals surface area contributed by atoms with Crippen LogP contribution in [0.5, 0.6) is 0 Å². The third-order valence-corrected chi connectivity index (χ3v) is 2.58. The molecule has 0 amide bonds. The lowest BCUT2D eigenvalue weighted by molar-refractivity contribution is -0.384. The third kappa shape index (κ3) is 3.55. The van der Waals surface area contributed by atoms with Gasteiger partial charge >= 0.3 is 0 Å². The zero-order valence-electron chi connectivity index (χ0n) is 10.9. The number of nitrogens with one attached hydrogen (secondary N) is 1. The number of nitro groups is 1. The van der Waals surface area contributed by atoms with E-state index in [1.165, 1.54) is 12.1 Å². The Hall–Kier alpha value is -2.89. The number of guanidine groups is 1. The first kappa shape index (κ1) is 13.5. The van der Waals surface area contributed by atoms with Crippen LogP contribution >= 0.6 is 0 Å². The Bertz CT molecular complexity index is 668. The van der Waals surface area contributed by atoms with Gasteiger partial charge in [0, 0.05) is 17.8 Å². The van der Waals surface area contributed by atoms with Crippen LogP contribution in [-0.4, -0.2) is 10.9 Å². The molecule has 2 rings (SSSR count). The summed E-state index contributed by atoms with van der Waals surface area (Å²) in [5.74, 6) is 0.177. The Morgan fingerprint density at radius 3 is 2.70 bits per heavy atom. The van der Waals surface area contributed by atoms with Gasteiger partial charge in [-0.05, 0) is 30.7 Å². The number of hydrogen-bond donors (Lipinski definition) is 2. The summed E-state index contributed by atoms with van der Waals surface area (Å²) in [7, 11) is 0. The standard InChI is InChI=1S/C14H14N4O2/c1-10-4-2-5-11(8-10)16-14(15)17-12-6-3-7-13(9-12)18(19)20/h2-9H,1H3,(H3,15,16,17). The molecule has 2 aromatic carbocycles. The molecule has 6 nitrogen and oxygen atoms in total. The second-order valence-electron chi connectivity index (χ2n) is 4.27. The van der Waals surface area contributed by atoms with E-state index in [2.05, 4.69) is 10.3 Å². The van der Waals surface area contributed by atoms with E-state index < -0.39 is 4.92 Å². The lowest BCUT2D eigenvalue weighted by Crippen LogP contribution is -2.21. The van der Waals surface area contributed by atoms with Crippen molar-refractivity contribution in [2.24, 2.45) is 10.7 Å². The van der Waals surface area contributed by atoms with Gasteiger partial charge in [-0.2, -0.15) is 0 Å². The normalized spacial score (nSPS) is 11.2. The van der Waals surface area contributed by atoms with Crippen LogP contribution in [-0.2, 0) is 0 Å². The fourth-order valence-corrected chi connectivity index (χ4v) is 1.71. The van der Waals surface area contributed by atoms with E-state index in [4.69, 9.17) is 5.73 Å². The summed E-state index contributed by atoms with van der Waals surface area (Å²) in [6, 6.07) is 13.7. The first-order valence-electron chi connectivity index (χ1n) is 5.97. The number of aryl methyl sites for hydroxylation is 1. The summed E-state index contributed by atoms with van der Waals surface area (Å²) in [5.41, 5.74) is 8.10. The highest BCUT2D eigenvalue weighted by Gasteiger charge is 2.05. The molecular weight excluding hydrogens is 256 g/mol. The average molecular weight is 270 g/mol. The van der Waals surface area contributed by atoms with Crippen molar-refractivity contribution in [2.75, 3.05) is 5.32 Å². The maximum absolute atomic E-state index is 10.7. The smallest absolute Gasteiger partial charge is 0.271 e. The number of anilines is 1. The molecule has 0 saturated heterocycles. The molecule has 0 unspecified atom stereocenters. The lowest BCUT2D eigenvalue weighted by atomic mass is 10.2. The maximum atomic E-state index is 10.7. The highest BCUT2D eigenvalue weighted by atomic mass is 16.6. The van der Waals surface area contributed by atoms with Crippen molar-refractivity contribution in [3.63, 3.8) is 0 Å². The molecule has 0 aromatic heterocycles. The topological polar surface area (TPSA) is 93.5 Å². The third-order valence-electron chi connectivity index (χ3n) is 2.58. The molecule has 0 aliphatic heterocycles. The number of nitrogens with zero attached hydrogens (tertiary/aromatic N) is 2. The van der Waals surface area contributed by atoms with Crippen LogP contribution in [0.1, 0.15) is 5.56 Å². The molecule has 0 radical (unpaired) electrons. The van der Waals surface area contributed by atoms with Crippen molar-refractivity contribution in [3.8, 4) is 0 Å². The van der Waals surface area contributed by atoms with Crippen LogP contribution in [0.4, 0.5) is 17.1 Å². The molecule has 0 fully saturated rings. The van der Waals surface area contributed by atoms with Gasteiger partial charge in [0.25, 0.3) is 5.69 Å². The minimum atomic E-state index is -0.459. The monoisotopic (exact) mass is 270 g/mol. The van der Waals surface area contributed by atoms with Crippen LogP contribution in [0.3, 0.4) is 0 Å². The van der Waals surface area contributed by atoms with E-state index in [0.29, 0.717) is 5.69 Å². The summed E-state index contributed by atoms with van der Waals surface area (Å²) in [5, 5.41) is 13.5. The van der Waals surface area contributed by atoms with E-state index in [1.807, 2.05) is 31.2 Å². The molecule has 0 spiro atoms. The average Bonchev–Trinajstić information content (AvgIpc) is 2.38. The highest BCUT2D eigenvalue weighted by Crippen LogP contribution is 2.18. The predicted octanol–water partition coefficient (Wildman–Crippen LogP) is 2.96. The summed E-state index contributed by atoms with van der Waals surface area (Å²) in [6.45, 7) is 1.96. The number of aliphatic imine (C=N–C) groups is 1. The Morgan fingerprint density at radius 1 is 1.25 bits per heavy atom. The predicted molar refractivity (Wildman–Crippen MR) is 79.2 cm³/mol. The van der Waals surface area contributed by atoms with Gasteiger partial charge in [-0.15, -0.1) is 0 Å². The number of nitro benzene ring substituents is 1. The summed E-state index contributed by atoms with van der Waals surface area (Å²) >= 11 is 0. The van der Waals surface area contributed by atoms with Gasteiger partial charge in [-0.25, -0.2) is 4.99 Å². The van der Waals surface area contributed by atoms with Crippen molar-refractivity contribution < 1.29 is 4.92 Å². The maximum Gasteiger partial charge on any atom is 0.271 e. The zero-order chi connectivity index (χ0) is 14.5. The van der Waals surface area contributed by atoms with Gasteiger partial charge in [-0.1, -0.05) is 18.2 Å². The van der Waals surface area contributed by atoms with Crippen molar-refractivity contribution in [2.45, 2.75) is 6.92 Å². The number of non-ortho nitro benzene ring substituents is 1. The summed E-state index contributed by atoms with van der Waals surface area (Å²) < 4.78 is 0. The van der Waals surface area contributed by atoms with E-state index >= 15 is 0 Å². The van der Waals surface area contributed by atoms with E-state index in [1.54, 1.807) is 12.1 Å². The Kier molecular flexibility index (Phi) is 3.95. The second kappa shape index (κ2) is 5.83. The fourth-order valence-electron chi connectivity index (χ4n) is 1.71. The Balaban J connectivity index is 2.17. The summed E-state index contributed by atoms with van der Waals surface area (Å²) in [6.07, 6.45) is 0. The quantitative estimate of drug-likeness (QED) is 0.388. The second-order valence-corrected chi connectivity index (χ2v) is 4.27. The van der Waals surface area contributed by atoms with Gasteiger partial charge in [-0.3, -0.25) is 10.1 Å². The fraction of sp³-hybridized carbons (Fsp3) is 0.0714. The molecule has 0 saturated carbocycles. The largest absolute Gasteiger partial charge is 0.369 e. The first-order valence-corrected chi connectivity index (χ1v) is 5.97. The molecule has 0 atom stereocenters. The van der Waals surface area contributed by atoms with Gasteiger partial charge in [0.05, 0.1) is 10.6 Å². The molecule has 2 aromatic rings. The molecule has 0 bridgehead atoms. The SMILES string of the molecule is Cc1cccc(N=C(N)Nc2cccc([N+](=O)[O-])c2)c1. The van der Waals surface area contributed by atoms with Crippen molar-refractivity contribution in [3.05, 3.63) is 64.2 Å². The number of hydrogen-bond acceptors (Lipinski definition) is 3. The molecule has 0 aliphatic rings. The molecule has 20 heavy (non-hydrogen) atoms. The molecule has 0 aliphatic carbocycles. The molecule has 3 N–H and O–H groups in total. The molecular formula is C14H14N4O2. The molecule has 6 heteroatoms. The Morgan fingerprint density at radius 2 is 2.00 bits per heavy atom. The lowest BCUT2D eigenvalue weighted by Gasteiger charge is -2.05. The number of benzene rings is 2. The van der Waals surface area contributed by atoms with Gasteiger partial charge < -0.3 is 11.1 Å². The van der Waals surface area contributed by atoms with Crippen molar-refractivity contribution in [1.82, 2.24) is 0 Å². The number of rotatable bonds is 3. The minimum Gasteiger partial charge on any atom is -0.369 e. The van der Waals surface area contributed by atoms with Gasteiger partial charge in [0.1, 0.15) is 0 Å². The van der Waals surface area contributed by atoms with Crippen LogP contribution < -0.4 is 11.1 Å². The summed E-state index contributed by atoms with van der Waals surface area (Å²) in [4.78, 5) is 14.4. The van der Waals surface area contributed by atoms with Crippen LogP contribution in [0.15, 0.2) is 53.5 Å². The van der Waals surface area contributed by atoms with Crippen LogP contribution in [0.25, 0.3) is 0 Å². The number of nitrogens with two attached hydrogens (primary N) is 1. The van der Waals surface area contributed by atoms with E-state index in [9.17, 15) is 10.1 Å². The zero-order valence-corrected chi connectivity index (χ0v) is 10.9. The Labute approximate surface area is 116 Å². The minimum absolute atomic E-state index is 0.00152. The molecule has 0 heterocycles. The van der Waals surface area contributed by atoms with Gasteiger partial charge in [0.2, 0.25) is 0 Å². The van der Waals surface area contributed by atoms with E-state index in [0.717, 1.165) is 11.3 Å². The van der Waals surface area contributed by atoms with Gasteiger partial charge in [0.15, 0.2) is 5.96 Å². The van der Waals surface area contributed by atoms with Crippen LogP contribution in [0.2, 0.25) is 0 Å². The molecule has 102 valence electrons.